The molecule has 1 aliphatic heterocycles. The van der Waals surface area contributed by atoms with Crippen LogP contribution in [0.15, 0.2) is 84.9 Å². The first-order chi connectivity index (χ1) is 18.5. The van der Waals surface area contributed by atoms with Crippen LogP contribution in [0.4, 0.5) is 22.7 Å². The topological polar surface area (TPSA) is 98.8 Å². The molecule has 1 aliphatic rings. The molecule has 39 heavy (non-hydrogen) atoms. The molecule has 0 saturated carbocycles. The molecule has 0 bridgehead atoms. The van der Waals surface area contributed by atoms with E-state index >= 15 is 0 Å². The van der Waals surface area contributed by atoms with E-state index in [9.17, 15) is 18.0 Å². The highest BCUT2D eigenvalue weighted by Crippen LogP contribution is 2.39. The summed E-state index contributed by atoms with van der Waals surface area (Å²) in [5.74, 6) is -0.312. The Morgan fingerprint density at radius 3 is 2.03 bits per heavy atom. The molecule has 4 aromatic carbocycles. The number of benzene rings is 4. The summed E-state index contributed by atoms with van der Waals surface area (Å²) in [5.41, 5.74) is 6.90. The first-order valence-corrected chi connectivity index (χ1v) is 14.1. The molecule has 1 heterocycles. The molecule has 0 saturated heterocycles. The van der Waals surface area contributed by atoms with Gasteiger partial charge in [0.2, 0.25) is 10.0 Å². The Bertz CT molecular complexity index is 1710. The summed E-state index contributed by atoms with van der Waals surface area (Å²) in [6.45, 7) is 0. The van der Waals surface area contributed by atoms with Crippen LogP contribution in [0.1, 0.15) is 20.7 Å². The van der Waals surface area contributed by atoms with Crippen LogP contribution in [-0.2, 0) is 10.0 Å². The second-order valence-electron chi connectivity index (χ2n) is 9.62. The third-order valence-electron chi connectivity index (χ3n) is 6.72. The van der Waals surface area contributed by atoms with Gasteiger partial charge in [0, 0.05) is 32.3 Å². The second kappa shape index (κ2) is 9.92. The van der Waals surface area contributed by atoms with Crippen LogP contribution in [0.2, 0.25) is 0 Å². The van der Waals surface area contributed by atoms with Gasteiger partial charge in [-0.25, -0.2) is 8.42 Å². The number of rotatable bonds is 5. The van der Waals surface area contributed by atoms with E-state index in [-0.39, 0.29) is 11.8 Å². The van der Waals surface area contributed by atoms with Gasteiger partial charge in [-0.3, -0.25) is 13.9 Å². The van der Waals surface area contributed by atoms with Crippen molar-refractivity contribution in [1.82, 2.24) is 4.90 Å². The van der Waals surface area contributed by atoms with Crippen LogP contribution in [0.5, 0.6) is 0 Å². The highest BCUT2D eigenvalue weighted by atomic mass is 32.2. The Labute approximate surface area is 227 Å². The van der Waals surface area contributed by atoms with Crippen molar-refractivity contribution in [3.05, 3.63) is 96.1 Å². The largest absolute Gasteiger partial charge is 0.353 e. The molecule has 0 aromatic heterocycles. The summed E-state index contributed by atoms with van der Waals surface area (Å²) in [5, 5.41) is 6.36. The van der Waals surface area contributed by atoms with Crippen LogP contribution in [0.3, 0.4) is 0 Å². The van der Waals surface area contributed by atoms with E-state index in [1.54, 1.807) is 44.4 Å². The van der Waals surface area contributed by atoms with Crippen LogP contribution in [-0.4, -0.2) is 52.5 Å². The maximum atomic E-state index is 13.1. The first kappa shape index (κ1) is 26.0. The number of para-hydroxylation sites is 1. The quantitative estimate of drug-likeness (QED) is 0.352. The van der Waals surface area contributed by atoms with E-state index in [1.165, 1.54) is 16.3 Å². The molecule has 0 spiro atoms. The number of hydrogen-bond acceptors (Lipinski definition) is 5. The Morgan fingerprint density at radius 2 is 1.33 bits per heavy atom. The van der Waals surface area contributed by atoms with E-state index in [0.717, 1.165) is 28.5 Å². The average molecular weight is 541 g/mol. The third-order valence-corrected chi connectivity index (χ3v) is 7.92. The minimum Gasteiger partial charge on any atom is -0.353 e. The van der Waals surface area contributed by atoms with E-state index in [0.29, 0.717) is 33.9 Å². The fourth-order valence-corrected chi connectivity index (χ4v) is 5.04. The van der Waals surface area contributed by atoms with Gasteiger partial charge in [0.05, 0.1) is 34.6 Å². The fourth-order valence-electron chi connectivity index (χ4n) is 4.52. The number of hydrogen-bond donors (Lipinski definition) is 2. The van der Waals surface area contributed by atoms with E-state index in [1.807, 2.05) is 54.6 Å². The first-order valence-electron chi connectivity index (χ1n) is 12.2. The summed E-state index contributed by atoms with van der Waals surface area (Å²) in [4.78, 5) is 26.8. The number of amides is 2. The zero-order valence-electron chi connectivity index (χ0n) is 22.0. The number of sulfonamides is 1. The van der Waals surface area contributed by atoms with Gasteiger partial charge in [0.25, 0.3) is 11.8 Å². The van der Waals surface area contributed by atoms with Crippen molar-refractivity contribution in [3.8, 4) is 22.3 Å². The van der Waals surface area contributed by atoms with Gasteiger partial charge in [0.1, 0.15) is 0 Å². The maximum absolute atomic E-state index is 13.1. The van der Waals surface area contributed by atoms with Crippen molar-refractivity contribution < 1.29 is 18.0 Å². The summed E-state index contributed by atoms with van der Waals surface area (Å²) in [7, 11) is 1.48. The van der Waals surface area contributed by atoms with E-state index < -0.39 is 10.0 Å². The monoisotopic (exact) mass is 540 g/mol. The lowest BCUT2D eigenvalue weighted by Crippen LogP contribution is -2.25. The molecule has 5 rings (SSSR count). The van der Waals surface area contributed by atoms with Crippen LogP contribution in [0, 0.1) is 0 Å². The Hall–Kier alpha value is -4.63. The molecular formula is C30H28N4O4S. The lowest BCUT2D eigenvalue weighted by Gasteiger charge is -2.21. The number of nitrogens with zero attached hydrogens (tertiary/aromatic N) is 2. The zero-order valence-corrected chi connectivity index (χ0v) is 22.8. The molecule has 8 nitrogen and oxygen atoms in total. The number of nitrogens with one attached hydrogen (secondary N) is 2. The van der Waals surface area contributed by atoms with Gasteiger partial charge in [-0.05, 0) is 59.2 Å². The van der Waals surface area contributed by atoms with Gasteiger partial charge in [0.15, 0.2) is 0 Å². The molecular weight excluding hydrogens is 512 g/mol. The molecule has 2 amide bonds. The molecule has 0 radical (unpaired) electrons. The van der Waals surface area contributed by atoms with Crippen molar-refractivity contribution >= 4 is 44.6 Å². The van der Waals surface area contributed by atoms with Gasteiger partial charge in [-0.1, -0.05) is 42.5 Å². The second-order valence-corrected chi connectivity index (χ2v) is 11.6. The lowest BCUT2D eigenvalue weighted by molar-refractivity contribution is 0.0827. The smallest absolute Gasteiger partial charge is 0.257 e. The highest BCUT2D eigenvalue weighted by Gasteiger charge is 2.22. The van der Waals surface area contributed by atoms with Crippen molar-refractivity contribution in [2.24, 2.45) is 0 Å². The van der Waals surface area contributed by atoms with Crippen molar-refractivity contribution in [3.63, 3.8) is 0 Å². The highest BCUT2D eigenvalue weighted by molar-refractivity contribution is 7.92. The summed E-state index contributed by atoms with van der Waals surface area (Å²) in [6.07, 6.45) is 1.16. The fraction of sp³-hybridized carbons (Fsp3) is 0.133. The maximum Gasteiger partial charge on any atom is 0.257 e. The lowest BCUT2D eigenvalue weighted by atomic mass is 10.00. The van der Waals surface area contributed by atoms with Crippen molar-refractivity contribution in [2.45, 2.75) is 0 Å². The molecule has 9 heteroatoms. The van der Waals surface area contributed by atoms with Crippen LogP contribution >= 0.6 is 0 Å². The Morgan fingerprint density at radius 1 is 0.692 bits per heavy atom. The van der Waals surface area contributed by atoms with E-state index in [4.69, 9.17) is 0 Å². The minimum atomic E-state index is -3.47. The molecule has 0 fully saturated rings. The molecule has 0 atom stereocenters. The van der Waals surface area contributed by atoms with Gasteiger partial charge in [-0.15, -0.1) is 0 Å². The van der Waals surface area contributed by atoms with Gasteiger partial charge in [-0.2, -0.15) is 0 Å². The molecule has 2 N–H and O–H groups in total. The minimum absolute atomic E-state index is 0.0652. The number of anilines is 4. The summed E-state index contributed by atoms with van der Waals surface area (Å²) < 4.78 is 25.7. The Balaban J connectivity index is 1.53. The predicted molar refractivity (Wildman–Crippen MR) is 156 cm³/mol. The molecule has 0 aliphatic carbocycles. The number of carbonyl (C=O) groups is 2. The number of fused-ring (bicyclic) bond motifs is 2. The van der Waals surface area contributed by atoms with E-state index in [2.05, 4.69) is 10.6 Å². The predicted octanol–water partition coefficient (Wildman–Crippen LogP) is 5.43. The van der Waals surface area contributed by atoms with Crippen LogP contribution < -0.4 is 14.9 Å². The van der Waals surface area contributed by atoms with Crippen LogP contribution in [0.25, 0.3) is 22.3 Å². The summed E-state index contributed by atoms with van der Waals surface area (Å²) in [6, 6.07) is 25.7. The normalized spacial score (nSPS) is 12.4. The van der Waals surface area contributed by atoms with Gasteiger partial charge >= 0.3 is 0 Å². The Kier molecular flexibility index (Phi) is 6.61. The molecule has 198 valence electrons. The summed E-state index contributed by atoms with van der Waals surface area (Å²) >= 11 is 0. The molecule has 0 unspecified atom stereocenters. The third kappa shape index (κ3) is 5.08. The van der Waals surface area contributed by atoms with Crippen molar-refractivity contribution in [2.75, 3.05) is 42.3 Å². The van der Waals surface area contributed by atoms with Gasteiger partial charge < -0.3 is 15.5 Å². The van der Waals surface area contributed by atoms with Crippen molar-refractivity contribution in [1.29, 1.82) is 0 Å². The average Bonchev–Trinajstić information content (AvgIpc) is 3.06. The molecule has 4 aromatic rings. The zero-order chi connectivity index (χ0) is 27.9. The standard InChI is InChI=1S/C30H28N4O4S/c1-33(2)30(36)20-11-9-19(10-12-20)21-14-16-25-27(17-21)31-26-18-22(13-15-24(26)29(35)32-25)23-7-5-6-8-28(23)34(3)39(4,37)38/h5-18,31H,1-4H3,(H,32,35). The SMILES string of the molecule is CN(C)C(=O)c1ccc(-c2ccc3c(c2)Nc2cc(-c4ccccc4N(C)S(C)(=O)=O)ccc2C(=O)N3)cc1. The number of carbonyl (C=O) groups excluding carboxylic acids is 2.